The third-order valence-corrected chi connectivity index (χ3v) is 5.98. The van der Waals surface area contributed by atoms with Crippen molar-refractivity contribution in [1.82, 2.24) is 9.88 Å². The second kappa shape index (κ2) is 11.8. The lowest BCUT2D eigenvalue weighted by Gasteiger charge is -2.32. The summed E-state index contributed by atoms with van der Waals surface area (Å²) in [4.78, 5) is 15.9. The van der Waals surface area contributed by atoms with Gasteiger partial charge in [-0.05, 0) is 66.9 Å². The van der Waals surface area contributed by atoms with Gasteiger partial charge in [0, 0.05) is 30.9 Å². The van der Waals surface area contributed by atoms with Gasteiger partial charge < -0.3 is 15.4 Å². The lowest BCUT2D eigenvalue weighted by atomic mass is 9.97. The van der Waals surface area contributed by atoms with Gasteiger partial charge in [0.25, 0.3) is 0 Å². The highest BCUT2D eigenvalue weighted by molar-refractivity contribution is 5.82. The number of pyridine rings is 1. The minimum atomic E-state index is -4.86. The van der Waals surface area contributed by atoms with Crippen LogP contribution in [0.4, 0.5) is 13.2 Å². The van der Waals surface area contributed by atoms with Gasteiger partial charge in [-0.2, -0.15) is 13.2 Å². The molecule has 1 aliphatic rings. The predicted molar refractivity (Wildman–Crippen MR) is 127 cm³/mol. The van der Waals surface area contributed by atoms with E-state index in [0.717, 1.165) is 37.1 Å². The average molecular weight is 474 g/mol. The molecule has 1 aromatic heterocycles. The number of piperidine rings is 1. The Morgan fingerprint density at radius 2 is 1.79 bits per heavy atom. The number of amides is 1. The van der Waals surface area contributed by atoms with E-state index < -0.39 is 12.1 Å². The van der Waals surface area contributed by atoms with Crippen molar-refractivity contribution >= 4 is 16.7 Å². The molecular weight excluding hydrogens is 443 g/mol. The SMILES string of the molecule is CC(CCN1CCC(Oc2ccc3cnccc3c2)CC1)c1ccccc1.NC(=O)C(F)(F)F. The maximum Gasteiger partial charge on any atom is 0.470 e. The van der Waals surface area contributed by atoms with Crippen LogP contribution in [0.1, 0.15) is 37.7 Å². The zero-order chi connectivity index (χ0) is 24.6. The molecule has 1 saturated heterocycles. The van der Waals surface area contributed by atoms with E-state index in [1.807, 2.05) is 18.5 Å². The molecule has 2 aromatic carbocycles. The number of alkyl halides is 3. The highest BCUT2D eigenvalue weighted by atomic mass is 19.4. The van der Waals surface area contributed by atoms with Crippen molar-refractivity contribution in [3.8, 4) is 5.75 Å². The number of rotatable bonds is 6. The van der Waals surface area contributed by atoms with E-state index in [0.29, 0.717) is 12.0 Å². The largest absolute Gasteiger partial charge is 0.490 e. The average Bonchev–Trinajstić information content (AvgIpc) is 2.84. The van der Waals surface area contributed by atoms with Gasteiger partial charge >= 0.3 is 12.1 Å². The number of ether oxygens (including phenoxy) is 1. The van der Waals surface area contributed by atoms with E-state index in [1.54, 1.807) is 0 Å². The van der Waals surface area contributed by atoms with Crippen LogP contribution in [0.25, 0.3) is 10.8 Å². The third kappa shape index (κ3) is 7.73. The van der Waals surface area contributed by atoms with Gasteiger partial charge in [0.1, 0.15) is 11.9 Å². The monoisotopic (exact) mass is 473 g/mol. The lowest BCUT2D eigenvalue weighted by Crippen LogP contribution is -2.39. The first-order valence-corrected chi connectivity index (χ1v) is 11.4. The number of carbonyl (C=O) groups excluding carboxylic acids is 1. The number of nitrogens with zero attached hydrogens (tertiary/aromatic N) is 2. The molecular formula is C26H30F3N3O2. The summed E-state index contributed by atoms with van der Waals surface area (Å²) in [6.07, 6.45) is 2.62. The first-order valence-electron chi connectivity index (χ1n) is 11.4. The molecule has 34 heavy (non-hydrogen) atoms. The number of primary amides is 1. The van der Waals surface area contributed by atoms with Crippen molar-refractivity contribution in [1.29, 1.82) is 0 Å². The van der Waals surface area contributed by atoms with E-state index in [9.17, 15) is 13.2 Å². The number of hydrogen-bond acceptors (Lipinski definition) is 4. The molecule has 2 N–H and O–H groups in total. The predicted octanol–water partition coefficient (Wildman–Crippen LogP) is 5.31. The fraction of sp³-hybridized carbons (Fsp3) is 0.385. The number of halogens is 3. The number of fused-ring (bicyclic) bond motifs is 1. The van der Waals surface area contributed by atoms with Crippen molar-refractivity contribution in [2.75, 3.05) is 19.6 Å². The van der Waals surface area contributed by atoms with E-state index >= 15 is 0 Å². The molecule has 3 aromatic rings. The third-order valence-electron chi connectivity index (χ3n) is 5.98. The summed E-state index contributed by atoms with van der Waals surface area (Å²) in [7, 11) is 0. The molecule has 1 amide bonds. The standard InChI is InChI=1S/C24H28N2O.C2H2F3NO/c1-19(20-5-3-2-4-6-20)10-14-26-15-11-23(12-16-26)27-24-8-7-22-18-25-13-9-21(22)17-24;3-2(4,5)1(6)7/h2-9,13,17-19,23H,10-12,14-16H2,1H3;(H2,6,7). The minimum Gasteiger partial charge on any atom is -0.490 e. The number of benzene rings is 2. The lowest BCUT2D eigenvalue weighted by molar-refractivity contribution is -0.169. The van der Waals surface area contributed by atoms with Crippen LogP contribution >= 0.6 is 0 Å². The van der Waals surface area contributed by atoms with Crippen LogP contribution in [0.5, 0.6) is 5.75 Å². The molecule has 0 aliphatic carbocycles. The van der Waals surface area contributed by atoms with Gasteiger partial charge in [-0.1, -0.05) is 37.3 Å². The van der Waals surface area contributed by atoms with Gasteiger partial charge in [0.15, 0.2) is 0 Å². The zero-order valence-corrected chi connectivity index (χ0v) is 19.2. The molecule has 0 radical (unpaired) electrons. The van der Waals surface area contributed by atoms with Gasteiger partial charge in [-0.25, -0.2) is 0 Å². The molecule has 0 bridgehead atoms. The normalized spacial score (nSPS) is 15.9. The Bertz CT molecular complexity index is 1050. The topological polar surface area (TPSA) is 68.4 Å². The Hall–Kier alpha value is -3.13. The summed E-state index contributed by atoms with van der Waals surface area (Å²) >= 11 is 0. The number of likely N-dealkylation sites (tertiary alicyclic amines) is 1. The molecule has 0 saturated carbocycles. The Kier molecular flexibility index (Phi) is 8.87. The summed E-state index contributed by atoms with van der Waals surface area (Å²) in [5.74, 6) is -0.662. The first-order chi connectivity index (χ1) is 16.2. The molecule has 1 aliphatic heterocycles. The second-order valence-electron chi connectivity index (χ2n) is 8.51. The molecule has 1 unspecified atom stereocenters. The van der Waals surface area contributed by atoms with Gasteiger partial charge in [0.05, 0.1) is 0 Å². The molecule has 1 fully saturated rings. The second-order valence-corrected chi connectivity index (χ2v) is 8.51. The summed E-state index contributed by atoms with van der Waals surface area (Å²) in [5, 5.41) is 2.35. The number of hydrogen-bond donors (Lipinski definition) is 1. The summed E-state index contributed by atoms with van der Waals surface area (Å²) in [6, 6.07) is 19.2. The summed E-state index contributed by atoms with van der Waals surface area (Å²) in [6.45, 7) is 5.76. The van der Waals surface area contributed by atoms with Crippen LogP contribution in [0.2, 0.25) is 0 Å². The van der Waals surface area contributed by atoms with Crippen LogP contribution in [-0.4, -0.2) is 47.7 Å². The molecule has 2 heterocycles. The Balaban J connectivity index is 0.000000406. The van der Waals surface area contributed by atoms with Gasteiger partial charge in [0.2, 0.25) is 0 Å². The molecule has 5 nitrogen and oxygen atoms in total. The zero-order valence-electron chi connectivity index (χ0n) is 19.2. The van der Waals surface area contributed by atoms with E-state index in [2.05, 4.69) is 71.1 Å². The molecule has 1 atom stereocenters. The van der Waals surface area contributed by atoms with Gasteiger partial charge in [-0.15, -0.1) is 0 Å². The van der Waals surface area contributed by atoms with Crippen molar-refractivity contribution < 1.29 is 22.7 Å². The van der Waals surface area contributed by atoms with E-state index in [-0.39, 0.29) is 0 Å². The van der Waals surface area contributed by atoms with Crippen LogP contribution in [0, 0.1) is 0 Å². The molecule has 182 valence electrons. The number of carbonyl (C=O) groups is 1. The molecule has 8 heteroatoms. The summed E-state index contributed by atoms with van der Waals surface area (Å²) < 4.78 is 38.4. The van der Waals surface area contributed by atoms with Crippen LogP contribution in [0.3, 0.4) is 0 Å². The number of nitrogens with two attached hydrogens (primary N) is 1. The van der Waals surface area contributed by atoms with Crippen LogP contribution in [0.15, 0.2) is 67.0 Å². The maximum absolute atomic E-state index is 10.7. The Labute approximate surface area is 197 Å². The van der Waals surface area contributed by atoms with E-state index in [1.165, 1.54) is 23.9 Å². The van der Waals surface area contributed by atoms with Crippen molar-refractivity contribution in [2.45, 2.75) is 44.4 Å². The van der Waals surface area contributed by atoms with Gasteiger partial charge in [-0.3, -0.25) is 9.78 Å². The quantitative estimate of drug-likeness (QED) is 0.527. The highest BCUT2D eigenvalue weighted by Gasteiger charge is 2.35. The van der Waals surface area contributed by atoms with Crippen molar-refractivity contribution in [3.63, 3.8) is 0 Å². The fourth-order valence-electron chi connectivity index (χ4n) is 3.90. The molecule has 0 spiro atoms. The fourth-order valence-corrected chi connectivity index (χ4v) is 3.90. The Morgan fingerprint density at radius 1 is 1.12 bits per heavy atom. The summed E-state index contributed by atoms with van der Waals surface area (Å²) in [5.41, 5.74) is 5.25. The highest BCUT2D eigenvalue weighted by Crippen LogP contribution is 2.25. The first kappa shape index (κ1) is 25.5. The van der Waals surface area contributed by atoms with Crippen molar-refractivity contribution in [3.05, 3.63) is 72.6 Å². The van der Waals surface area contributed by atoms with Crippen LogP contribution < -0.4 is 10.5 Å². The minimum absolute atomic E-state index is 0.326. The molecule has 4 rings (SSSR count). The van der Waals surface area contributed by atoms with Crippen molar-refractivity contribution in [2.24, 2.45) is 5.73 Å². The van der Waals surface area contributed by atoms with E-state index in [4.69, 9.17) is 9.53 Å². The van der Waals surface area contributed by atoms with Crippen LogP contribution in [-0.2, 0) is 4.79 Å². The Morgan fingerprint density at radius 3 is 2.44 bits per heavy atom. The number of aromatic nitrogens is 1. The maximum atomic E-state index is 10.7. The smallest absolute Gasteiger partial charge is 0.470 e.